The van der Waals surface area contributed by atoms with Gasteiger partial charge in [-0.2, -0.15) is 0 Å². The van der Waals surface area contributed by atoms with Crippen molar-refractivity contribution in [2.24, 2.45) is 0 Å². The highest BCUT2D eigenvalue weighted by molar-refractivity contribution is 5.85. The summed E-state index contributed by atoms with van der Waals surface area (Å²) in [5.74, 6) is 1.06. The molecule has 0 atom stereocenters. The molecule has 0 aliphatic rings. The van der Waals surface area contributed by atoms with Crippen molar-refractivity contribution in [1.82, 2.24) is 9.55 Å². The largest absolute Gasteiger partial charge is 0.304 e. The van der Waals surface area contributed by atoms with E-state index in [-0.39, 0.29) is 12.4 Å². The van der Waals surface area contributed by atoms with Gasteiger partial charge in [0, 0.05) is 18.1 Å². The molecule has 0 saturated carbocycles. The molecule has 0 bridgehead atoms. The molecule has 0 aliphatic carbocycles. The van der Waals surface area contributed by atoms with Gasteiger partial charge in [-0.15, -0.1) is 12.4 Å². The minimum Gasteiger partial charge on any atom is -0.304 e. The van der Waals surface area contributed by atoms with Crippen molar-refractivity contribution in [3.63, 3.8) is 0 Å². The highest BCUT2D eigenvalue weighted by Gasteiger charge is 2.06. The van der Waals surface area contributed by atoms with Gasteiger partial charge in [0.1, 0.15) is 5.82 Å². The monoisotopic (exact) mass is 432 g/mol. The molecule has 2 rings (SSSR count). The first-order chi connectivity index (χ1) is 14.3. The van der Waals surface area contributed by atoms with Crippen LogP contribution in [0.2, 0.25) is 0 Å². The molecule has 170 valence electrons. The number of hydrogen-bond acceptors (Lipinski definition) is 1. The molecule has 0 amide bonds. The third kappa shape index (κ3) is 10.7. The van der Waals surface area contributed by atoms with E-state index in [4.69, 9.17) is 0 Å². The Labute approximate surface area is 192 Å². The van der Waals surface area contributed by atoms with Crippen molar-refractivity contribution >= 4 is 12.4 Å². The van der Waals surface area contributed by atoms with Gasteiger partial charge < -0.3 is 4.57 Å². The molecular formula is C27H45ClN2. The molecule has 0 unspecified atom stereocenters. The normalized spacial score (nSPS) is 10.9. The van der Waals surface area contributed by atoms with Crippen LogP contribution in [0, 0.1) is 6.92 Å². The minimum absolute atomic E-state index is 0. The first kappa shape index (κ1) is 26.8. The van der Waals surface area contributed by atoms with Crippen LogP contribution >= 0.6 is 12.4 Å². The molecule has 2 aromatic rings. The third-order valence-corrected chi connectivity index (χ3v) is 6.13. The Morgan fingerprint density at radius 3 is 1.70 bits per heavy atom. The molecule has 3 heteroatoms. The molecular weight excluding hydrogens is 388 g/mol. The van der Waals surface area contributed by atoms with E-state index in [0.29, 0.717) is 0 Å². The molecule has 1 aromatic heterocycles. The summed E-state index contributed by atoms with van der Waals surface area (Å²) in [7, 11) is 0. The number of unbranched alkanes of at least 4 members (excludes halogenated alkanes) is 14. The zero-order valence-corrected chi connectivity index (χ0v) is 20.4. The van der Waals surface area contributed by atoms with Crippen molar-refractivity contribution in [1.29, 1.82) is 0 Å². The Hall–Kier alpha value is -1.28. The summed E-state index contributed by atoms with van der Waals surface area (Å²) in [6.45, 7) is 4.37. The van der Waals surface area contributed by atoms with Gasteiger partial charge in [0.25, 0.3) is 0 Å². The van der Waals surface area contributed by atoms with Crippen LogP contribution in [0.4, 0.5) is 0 Å². The summed E-state index contributed by atoms with van der Waals surface area (Å²) >= 11 is 0. The number of nitrogens with zero attached hydrogens (tertiary/aromatic N) is 2. The van der Waals surface area contributed by atoms with Gasteiger partial charge >= 0.3 is 0 Å². The first-order valence-electron chi connectivity index (χ1n) is 12.4. The zero-order valence-electron chi connectivity index (χ0n) is 19.6. The molecule has 0 spiro atoms. The summed E-state index contributed by atoms with van der Waals surface area (Å²) < 4.78 is 2.21. The number of para-hydroxylation sites is 1. The maximum Gasteiger partial charge on any atom is 0.110 e. The molecule has 0 fully saturated rings. The van der Waals surface area contributed by atoms with Crippen LogP contribution in [-0.2, 0) is 6.42 Å². The van der Waals surface area contributed by atoms with Crippen LogP contribution in [0.15, 0.2) is 36.7 Å². The number of imidazole rings is 1. The van der Waals surface area contributed by atoms with Gasteiger partial charge in [0.05, 0.1) is 0 Å². The number of aromatic nitrogens is 2. The summed E-state index contributed by atoms with van der Waals surface area (Å²) in [5, 5.41) is 0. The fraction of sp³-hybridized carbons (Fsp3) is 0.667. The van der Waals surface area contributed by atoms with Crippen molar-refractivity contribution in [3.8, 4) is 5.69 Å². The fourth-order valence-corrected chi connectivity index (χ4v) is 4.28. The van der Waals surface area contributed by atoms with Crippen LogP contribution in [0.1, 0.15) is 115 Å². The number of halogens is 1. The topological polar surface area (TPSA) is 17.8 Å². The lowest BCUT2D eigenvalue weighted by atomic mass is 10.0. The van der Waals surface area contributed by atoms with Gasteiger partial charge in [-0.05, 0) is 31.4 Å². The lowest BCUT2D eigenvalue weighted by molar-refractivity contribution is 0.532. The zero-order chi connectivity index (χ0) is 20.6. The first-order valence-corrected chi connectivity index (χ1v) is 12.4. The molecule has 0 aliphatic heterocycles. The average molecular weight is 433 g/mol. The van der Waals surface area contributed by atoms with Crippen molar-refractivity contribution in [3.05, 3.63) is 48.0 Å². The van der Waals surface area contributed by atoms with Crippen LogP contribution < -0.4 is 0 Å². The summed E-state index contributed by atoms with van der Waals surface area (Å²) in [4.78, 5) is 4.37. The maximum absolute atomic E-state index is 4.37. The van der Waals surface area contributed by atoms with Crippen LogP contribution in [0.25, 0.3) is 5.69 Å². The lowest BCUT2D eigenvalue weighted by Gasteiger charge is -2.11. The highest BCUT2D eigenvalue weighted by Crippen LogP contribution is 2.19. The second-order valence-corrected chi connectivity index (χ2v) is 8.67. The highest BCUT2D eigenvalue weighted by atomic mass is 35.5. The maximum atomic E-state index is 4.37. The van der Waals surface area contributed by atoms with Gasteiger partial charge in [-0.1, -0.05) is 115 Å². The predicted molar refractivity (Wildman–Crippen MR) is 134 cm³/mol. The van der Waals surface area contributed by atoms with Gasteiger partial charge in [-0.3, -0.25) is 0 Å². The Morgan fingerprint density at radius 1 is 0.700 bits per heavy atom. The second-order valence-electron chi connectivity index (χ2n) is 8.67. The van der Waals surface area contributed by atoms with E-state index >= 15 is 0 Å². The van der Waals surface area contributed by atoms with Gasteiger partial charge in [-0.25, -0.2) is 4.98 Å². The number of aryl methyl sites for hydroxylation is 2. The molecule has 30 heavy (non-hydrogen) atoms. The van der Waals surface area contributed by atoms with E-state index in [9.17, 15) is 0 Å². The molecule has 2 nitrogen and oxygen atoms in total. The second kappa shape index (κ2) is 17.4. The Kier molecular flexibility index (Phi) is 15.5. The van der Waals surface area contributed by atoms with E-state index in [0.717, 1.165) is 5.82 Å². The van der Waals surface area contributed by atoms with Gasteiger partial charge in [0.2, 0.25) is 0 Å². The third-order valence-electron chi connectivity index (χ3n) is 6.13. The number of rotatable bonds is 17. The van der Waals surface area contributed by atoms with E-state index in [2.05, 4.69) is 53.9 Å². The molecule has 1 aromatic carbocycles. The Morgan fingerprint density at radius 2 is 1.20 bits per heavy atom. The summed E-state index contributed by atoms with van der Waals surface area (Å²) in [5.41, 5.74) is 2.75. The minimum atomic E-state index is 0. The number of benzene rings is 1. The Balaban J connectivity index is 0.00000450. The molecule has 0 radical (unpaired) electrons. The quantitative estimate of drug-likeness (QED) is 0.228. The summed E-state index contributed by atoms with van der Waals surface area (Å²) in [6.07, 6.45) is 26.5. The standard InChI is InChI=1S/C27H44N2.ClH/c1-3-4-5-6-7-8-9-10-11-12-13-14-15-16-17-20-26-21-18-19-22-27(26)29-24-23-28-25(29)2;/h18-19,21-24H,3-17,20H2,1-2H3;1H. The summed E-state index contributed by atoms with van der Waals surface area (Å²) in [6, 6.07) is 8.79. The van der Waals surface area contributed by atoms with E-state index < -0.39 is 0 Å². The molecule has 0 N–H and O–H groups in total. The van der Waals surface area contributed by atoms with E-state index in [1.807, 2.05) is 6.20 Å². The fourth-order valence-electron chi connectivity index (χ4n) is 4.28. The Bertz CT molecular complexity index is 650. The van der Waals surface area contributed by atoms with Crippen LogP contribution in [0.3, 0.4) is 0 Å². The van der Waals surface area contributed by atoms with Gasteiger partial charge in [0.15, 0.2) is 0 Å². The number of hydrogen-bond donors (Lipinski definition) is 0. The van der Waals surface area contributed by atoms with Crippen molar-refractivity contribution < 1.29 is 0 Å². The molecule has 1 heterocycles. The van der Waals surface area contributed by atoms with Crippen molar-refractivity contribution in [2.45, 2.75) is 117 Å². The van der Waals surface area contributed by atoms with Crippen molar-refractivity contribution in [2.75, 3.05) is 0 Å². The predicted octanol–water partition coefficient (Wildman–Crippen LogP) is 9.02. The van der Waals surface area contributed by atoms with E-state index in [1.165, 1.54) is 114 Å². The lowest BCUT2D eigenvalue weighted by Crippen LogP contribution is -2.00. The smallest absolute Gasteiger partial charge is 0.110 e. The van der Waals surface area contributed by atoms with Crippen LogP contribution in [0.5, 0.6) is 0 Å². The SMILES string of the molecule is CCCCCCCCCCCCCCCCCc1ccccc1-n1ccnc1C.Cl. The van der Waals surface area contributed by atoms with E-state index in [1.54, 1.807) is 0 Å². The van der Waals surface area contributed by atoms with Crippen LogP contribution in [-0.4, -0.2) is 9.55 Å². The average Bonchev–Trinajstić information content (AvgIpc) is 3.17. The molecule has 0 saturated heterocycles.